The molecule has 0 amide bonds. The first-order valence-corrected chi connectivity index (χ1v) is 10.1. The summed E-state index contributed by atoms with van der Waals surface area (Å²) in [7, 11) is 2.03. The molecule has 0 saturated carbocycles. The number of hydrogen-bond acceptors (Lipinski definition) is 3. The van der Waals surface area contributed by atoms with Gasteiger partial charge in [0.25, 0.3) is 0 Å². The van der Waals surface area contributed by atoms with E-state index < -0.39 is 0 Å². The van der Waals surface area contributed by atoms with Crippen molar-refractivity contribution in [3.63, 3.8) is 0 Å². The number of imidazole rings is 1. The van der Waals surface area contributed by atoms with Gasteiger partial charge in [0.15, 0.2) is 0 Å². The molecule has 1 aromatic heterocycles. The summed E-state index contributed by atoms with van der Waals surface area (Å²) in [5, 5.41) is 3.25. The molecule has 2 N–H and O–H groups in total. The first kappa shape index (κ1) is 18.2. The van der Waals surface area contributed by atoms with Crippen LogP contribution >= 0.6 is 0 Å². The number of hydrogen-bond donors (Lipinski definition) is 2. The summed E-state index contributed by atoms with van der Waals surface area (Å²) in [4.78, 5) is 11.0. The Kier molecular flexibility index (Phi) is 5.28. The Morgan fingerprint density at radius 3 is 2.70 bits per heavy atom. The zero-order chi connectivity index (χ0) is 18.8. The third-order valence-electron chi connectivity index (χ3n) is 5.83. The van der Waals surface area contributed by atoms with Gasteiger partial charge in [0.05, 0.1) is 11.0 Å². The quantitative estimate of drug-likeness (QED) is 0.713. The van der Waals surface area contributed by atoms with Crippen molar-refractivity contribution in [2.24, 2.45) is 0 Å². The van der Waals surface area contributed by atoms with Crippen molar-refractivity contribution in [3.8, 4) is 11.4 Å². The molecule has 4 nitrogen and oxygen atoms in total. The van der Waals surface area contributed by atoms with Gasteiger partial charge in [-0.3, -0.25) is 0 Å². The maximum atomic E-state index is 4.88. The lowest BCUT2D eigenvalue weighted by Gasteiger charge is -2.32. The predicted molar refractivity (Wildman–Crippen MR) is 113 cm³/mol. The van der Waals surface area contributed by atoms with E-state index in [9.17, 15) is 0 Å². The number of H-pyrrole nitrogens is 1. The summed E-state index contributed by atoms with van der Waals surface area (Å²) in [6, 6.07) is 13.2. The monoisotopic (exact) mass is 362 g/mol. The molecule has 0 atom stereocenters. The normalized spacial score (nSPS) is 16.3. The average molecular weight is 363 g/mol. The van der Waals surface area contributed by atoms with Gasteiger partial charge in [0.1, 0.15) is 5.82 Å². The highest BCUT2D eigenvalue weighted by molar-refractivity contribution is 5.83. The molecule has 142 valence electrons. The summed E-state index contributed by atoms with van der Waals surface area (Å²) >= 11 is 0. The number of aromatic amines is 1. The number of fused-ring (bicyclic) bond motifs is 1. The van der Waals surface area contributed by atoms with E-state index in [1.807, 2.05) is 7.05 Å². The Morgan fingerprint density at radius 1 is 1.15 bits per heavy atom. The molecule has 0 unspecified atom stereocenters. The number of nitrogens with one attached hydrogen (secondary N) is 2. The number of rotatable bonds is 5. The number of benzene rings is 2. The van der Waals surface area contributed by atoms with E-state index >= 15 is 0 Å². The maximum absolute atomic E-state index is 4.88. The SMILES string of the molecule is CNCCN1CCC(c2cc(C)c3nc(-c4cccc(C)c4)[nH]c3c2)CC1. The minimum absolute atomic E-state index is 0.657. The largest absolute Gasteiger partial charge is 0.338 e. The van der Waals surface area contributed by atoms with Crippen LogP contribution in [0.4, 0.5) is 0 Å². The van der Waals surface area contributed by atoms with Crippen molar-refractivity contribution in [2.45, 2.75) is 32.6 Å². The Balaban J connectivity index is 1.57. The second-order valence-electron chi connectivity index (χ2n) is 7.91. The molecule has 1 aliphatic heterocycles. The molecule has 2 aromatic carbocycles. The first-order chi connectivity index (χ1) is 13.1. The summed E-state index contributed by atoms with van der Waals surface area (Å²) in [6.45, 7) is 8.93. The lowest BCUT2D eigenvalue weighted by Crippen LogP contribution is -2.37. The molecule has 0 aliphatic carbocycles. The fourth-order valence-electron chi connectivity index (χ4n) is 4.24. The lowest BCUT2D eigenvalue weighted by atomic mass is 9.88. The molecule has 1 saturated heterocycles. The van der Waals surface area contributed by atoms with Crippen LogP contribution in [0.15, 0.2) is 36.4 Å². The standard InChI is InChI=1S/C23H30N4/c1-16-5-4-6-19(13-16)23-25-21-15-20(14-17(2)22(21)26-23)18-7-10-27(11-8-18)12-9-24-3/h4-6,13-15,18,24H,7-12H2,1-3H3,(H,25,26). The molecule has 4 heteroatoms. The first-order valence-electron chi connectivity index (χ1n) is 10.1. The van der Waals surface area contributed by atoms with Gasteiger partial charge in [0.2, 0.25) is 0 Å². The molecule has 27 heavy (non-hydrogen) atoms. The van der Waals surface area contributed by atoms with Crippen molar-refractivity contribution >= 4 is 11.0 Å². The van der Waals surface area contributed by atoms with Crippen molar-refractivity contribution in [1.29, 1.82) is 0 Å². The summed E-state index contributed by atoms with van der Waals surface area (Å²) in [5.41, 5.74) is 7.42. The smallest absolute Gasteiger partial charge is 0.138 e. The molecule has 2 heterocycles. The minimum atomic E-state index is 0.657. The zero-order valence-corrected chi connectivity index (χ0v) is 16.7. The van der Waals surface area contributed by atoms with Crippen molar-refractivity contribution < 1.29 is 0 Å². The molecule has 0 bridgehead atoms. The van der Waals surface area contributed by atoms with Crippen LogP contribution in [0.25, 0.3) is 22.4 Å². The van der Waals surface area contributed by atoms with Crippen LogP contribution in [0.5, 0.6) is 0 Å². The Labute approximate surface area is 162 Å². The van der Waals surface area contributed by atoms with Crippen LogP contribution in [-0.2, 0) is 0 Å². The molecule has 0 spiro atoms. The molecule has 0 radical (unpaired) electrons. The Hall–Kier alpha value is -2.17. The van der Waals surface area contributed by atoms with Crippen LogP contribution in [0.1, 0.15) is 35.4 Å². The van der Waals surface area contributed by atoms with Gasteiger partial charge in [-0.05, 0) is 76.0 Å². The average Bonchev–Trinajstić information content (AvgIpc) is 3.12. The molecular formula is C23H30N4. The second kappa shape index (κ2) is 7.83. The number of piperidine rings is 1. The molecular weight excluding hydrogens is 332 g/mol. The molecule has 3 aromatic rings. The number of likely N-dealkylation sites (N-methyl/N-ethyl adjacent to an activating group) is 1. The zero-order valence-electron chi connectivity index (χ0n) is 16.7. The van der Waals surface area contributed by atoms with E-state index in [1.165, 1.54) is 48.1 Å². The highest BCUT2D eigenvalue weighted by atomic mass is 15.1. The van der Waals surface area contributed by atoms with Crippen LogP contribution < -0.4 is 5.32 Å². The van der Waals surface area contributed by atoms with E-state index in [2.05, 4.69) is 65.4 Å². The Bertz CT molecular complexity index is 919. The van der Waals surface area contributed by atoms with Crippen molar-refractivity contribution in [2.75, 3.05) is 33.2 Å². The maximum Gasteiger partial charge on any atom is 0.138 e. The molecule has 1 aliphatic rings. The van der Waals surface area contributed by atoms with E-state index in [1.54, 1.807) is 0 Å². The van der Waals surface area contributed by atoms with Crippen molar-refractivity contribution in [3.05, 3.63) is 53.1 Å². The van der Waals surface area contributed by atoms with Crippen LogP contribution in [-0.4, -0.2) is 48.1 Å². The van der Waals surface area contributed by atoms with Crippen LogP contribution in [0.2, 0.25) is 0 Å². The van der Waals surface area contributed by atoms with Crippen molar-refractivity contribution in [1.82, 2.24) is 20.2 Å². The van der Waals surface area contributed by atoms with Gasteiger partial charge in [0, 0.05) is 18.7 Å². The van der Waals surface area contributed by atoms with Crippen LogP contribution in [0.3, 0.4) is 0 Å². The fraction of sp³-hybridized carbons (Fsp3) is 0.435. The number of nitrogens with zero attached hydrogens (tertiary/aromatic N) is 2. The summed E-state index contributed by atoms with van der Waals surface area (Å²) < 4.78 is 0. The highest BCUT2D eigenvalue weighted by Crippen LogP contribution is 2.32. The second-order valence-corrected chi connectivity index (χ2v) is 7.91. The van der Waals surface area contributed by atoms with Gasteiger partial charge in [-0.2, -0.15) is 0 Å². The van der Waals surface area contributed by atoms with Gasteiger partial charge >= 0.3 is 0 Å². The van der Waals surface area contributed by atoms with Gasteiger partial charge in [-0.15, -0.1) is 0 Å². The summed E-state index contributed by atoms with van der Waals surface area (Å²) in [6.07, 6.45) is 2.49. The van der Waals surface area contributed by atoms with Gasteiger partial charge in [-0.1, -0.05) is 29.8 Å². The number of aryl methyl sites for hydroxylation is 2. The van der Waals surface area contributed by atoms with E-state index in [-0.39, 0.29) is 0 Å². The fourth-order valence-corrected chi connectivity index (χ4v) is 4.24. The predicted octanol–water partition coefficient (Wildman–Crippen LogP) is 4.25. The van der Waals surface area contributed by atoms with Gasteiger partial charge < -0.3 is 15.2 Å². The van der Waals surface area contributed by atoms with E-state index in [4.69, 9.17) is 4.98 Å². The number of likely N-dealkylation sites (tertiary alicyclic amines) is 1. The van der Waals surface area contributed by atoms with E-state index in [0.717, 1.165) is 30.0 Å². The van der Waals surface area contributed by atoms with E-state index in [0.29, 0.717) is 5.92 Å². The third kappa shape index (κ3) is 3.92. The number of aromatic nitrogens is 2. The lowest BCUT2D eigenvalue weighted by molar-refractivity contribution is 0.214. The van der Waals surface area contributed by atoms with Gasteiger partial charge in [-0.25, -0.2) is 4.98 Å². The Morgan fingerprint density at radius 2 is 1.96 bits per heavy atom. The summed E-state index contributed by atoms with van der Waals surface area (Å²) in [5.74, 6) is 1.63. The topological polar surface area (TPSA) is 44.0 Å². The third-order valence-corrected chi connectivity index (χ3v) is 5.83. The van der Waals surface area contributed by atoms with Crippen LogP contribution in [0, 0.1) is 13.8 Å². The highest BCUT2D eigenvalue weighted by Gasteiger charge is 2.21. The minimum Gasteiger partial charge on any atom is -0.338 e. The molecule has 1 fully saturated rings. The molecule has 4 rings (SSSR count).